The number of pyridine rings is 1. The monoisotopic (exact) mass is 572 g/mol. The van der Waals surface area contributed by atoms with E-state index >= 15 is 0 Å². The molecule has 210 valence electrons. The first-order valence-electron chi connectivity index (χ1n) is 11.7. The van der Waals surface area contributed by atoms with E-state index in [2.05, 4.69) is 31.3 Å². The standard InChI is InChI=1S/C24H18F3N5O2S.C2H6.CH3NO/c1-13-9-16(7-8-28-13)34-21-6-4-15(11-19(21)27)30-22-17(12-29-24(32-22)35-2)23(33)31-20-5-3-14(25)10-18(20)26;1-2;2-1-3/h3-12H,1-2H3,(H,31,33)(H,29,30,32);1-2H3;1H,(H2,2,3). The van der Waals surface area contributed by atoms with Gasteiger partial charge in [-0.3, -0.25) is 14.6 Å². The summed E-state index contributed by atoms with van der Waals surface area (Å²) in [6.07, 6.45) is 4.82. The zero-order valence-electron chi connectivity index (χ0n) is 22.0. The van der Waals surface area contributed by atoms with Crippen LogP contribution < -0.4 is 21.1 Å². The van der Waals surface area contributed by atoms with Crippen molar-refractivity contribution in [3.63, 3.8) is 0 Å². The number of hydrogen-bond donors (Lipinski definition) is 3. The largest absolute Gasteiger partial charge is 0.454 e. The third-order valence-electron chi connectivity index (χ3n) is 4.66. The molecule has 2 amide bonds. The van der Waals surface area contributed by atoms with Crippen molar-refractivity contribution in [2.75, 3.05) is 16.9 Å². The molecule has 2 heterocycles. The zero-order valence-corrected chi connectivity index (χ0v) is 22.9. The van der Waals surface area contributed by atoms with E-state index < -0.39 is 23.4 Å². The number of nitrogens with one attached hydrogen (secondary N) is 2. The lowest BCUT2D eigenvalue weighted by atomic mass is 10.2. The summed E-state index contributed by atoms with van der Waals surface area (Å²) >= 11 is 1.24. The topological polar surface area (TPSA) is 132 Å². The van der Waals surface area contributed by atoms with Gasteiger partial charge in [0.25, 0.3) is 5.91 Å². The number of primary amides is 1. The maximum atomic E-state index is 14.7. The lowest BCUT2D eigenvalue weighted by molar-refractivity contribution is -0.106. The summed E-state index contributed by atoms with van der Waals surface area (Å²) < 4.78 is 47.5. The Labute approximate surface area is 233 Å². The van der Waals surface area contributed by atoms with Crippen LogP contribution in [-0.4, -0.2) is 33.5 Å². The Kier molecular flexibility index (Phi) is 12.4. The van der Waals surface area contributed by atoms with Gasteiger partial charge in [-0.25, -0.2) is 23.1 Å². The molecule has 0 atom stereocenters. The van der Waals surface area contributed by atoms with E-state index in [1.165, 1.54) is 30.1 Å². The smallest absolute Gasteiger partial charge is 0.261 e. The number of rotatable bonds is 7. The number of hydrogen-bond acceptors (Lipinski definition) is 8. The molecule has 13 heteroatoms. The number of carbonyl (C=O) groups excluding carboxylic acids is 2. The van der Waals surface area contributed by atoms with E-state index in [9.17, 15) is 18.0 Å². The first-order valence-corrected chi connectivity index (χ1v) is 13.0. The van der Waals surface area contributed by atoms with Gasteiger partial charge in [0.2, 0.25) is 6.41 Å². The van der Waals surface area contributed by atoms with Crippen molar-refractivity contribution in [3.8, 4) is 11.5 Å². The number of carbonyl (C=O) groups is 2. The maximum absolute atomic E-state index is 14.7. The van der Waals surface area contributed by atoms with Gasteiger partial charge in [0.15, 0.2) is 16.7 Å². The van der Waals surface area contributed by atoms with Crippen molar-refractivity contribution in [2.24, 2.45) is 5.73 Å². The summed E-state index contributed by atoms with van der Waals surface area (Å²) in [5, 5.41) is 5.61. The second kappa shape index (κ2) is 15.7. The van der Waals surface area contributed by atoms with Crippen LogP contribution in [0.3, 0.4) is 0 Å². The second-order valence-corrected chi connectivity index (χ2v) is 8.11. The molecule has 4 aromatic rings. The van der Waals surface area contributed by atoms with E-state index in [0.717, 1.165) is 17.8 Å². The number of aryl methyl sites for hydroxylation is 1. The molecule has 0 aliphatic rings. The maximum Gasteiger partial charge on any atom is 0.261 e. The molecule has 2 aromatic carbocycles. The van der Waals surface area contributed by atoms with Crippen molar-refractivity contribution in [1.82, 2.24) is 15.0 Å². The predicted octanol–water partition coefficient (Wildman–Crippen LogP) is 6.24. The van der Waals surface area contributed by atoms with Gasteiger partial charge >= 0.3 is 0 Å². The molecule has 0 saturated heterocycles. The van der Waals surface area contributed by atoms with Crippen LogP contribution in [0.1, 0.15) is 29.9 Å². The number of anilines is 3. The number of benzene rings is 2. The number of thioether (sulfide) groups is 1. The van der Waals surface area contributed by atoms with Crippen LogP contribution in [-0.2, 0) is 4.79 Å². The highest BCUT2D eigenvalue weighted by molar-refractivity contribution is 7.98. The van der Waals surface area contributed by atoms with Crippen LogP contribution >= 0.6 is 11.8 Å². The lowest BCUT2D eigenvalue weighted by Crippen LogP contribution is -2.16. The summed E-state index contributed by atoms with van der Waals surface area (Å²) in [5.74, 6) is -2.59. The van der Waals surface area contributed by atoms with Crippen molar-refractivity contribution in [1.29, 1.82) is 0 Å². The van der Waals surface area contributed by atoms with E-state index in [4.69, 9.17) is 9.53 Å². The molecular weight excluding hydrogens is 545 g/mol. The first kappa shape index (κ1) is 31.6. The minimum Gasteiger partial charge on any atom is -0.454 e. The van der Waals surface area contributed by atoms with Gasteiger partial charge < -0.3 is 21.1 Å². The summed E-state index contributed by atoms with van der Waals surface area (Å²) in [6.45, 7) is 5.79. The van der Waals surface area contributed by atoms with Crippen LogP contribution in [0.4, 0.5) is 30.4 Å². The molecule has 4 N–H and O–H groups in total. The fraction of sp³-hybridized carbons (Fsp3) is 0.148. The van der Waals surface area contributed by atoms with Gasteiger partial charge in [0.05, 0.1) is 5.69 Å². The summed E-state index contributed by atoms with van der Waals surface area (Å²) in [4.78, 5) is 33.8. The summed E-state index contributed by atoms with van der Waals surface area (Å²) in [7, 11) is 0. The average molecular weight is 573 g/mol. The Morgan fingerprint density at radius 2 is 1.75 bits per heavy atom. The first-order chi connectivity index (χ1) is 19.2. The van der Waals surface area contributed by atoms with Crippen LogP contribution in [0.2, 0.25) is 0 Å². The fourth-order valence-corrected chi connectivity index (χ4v) is 3.35. The second-order valence-electron chi connectivity index (χ2n) is 7.34. The minimum atomic E-state index is -0.934. The number of nitrogens with two attached hydrogens (primary N) is 1. The number of ether oxygens (including phenoxy) is 1. The molecule has 0 saturated carbocycles. The quantitative estimate of drug-likeness (QED) is 0.135. The number of aromatic nitrogens is 3. The third-order valence-corrected chi connectivity index (χ3v) is 5.23. The molecule has 0 unspecified atom stereocenters. The van der Waals surface area contributed by atoms with Gasteiger partial charge in [-0.1, -0.05) is 25.6 Å². The molecule has 0 aliphatic carbocycles. The molecular formula is C27H27F3N6O3S. The molecule has 9 nitrogen and oxygen atoms in total. The van der Waals surface area contributed by atoms with Crippen molar-refractivity contribution >= 4 is 41.3 Å². The van der Waals surface area contributed by atoms with Gasteiger partial charge in [0.1, 0.15) is 28.8 Å². The molecule has 4 rings (SSSR count). The number of nitrogens with zero attached hydrogens (tertiary/aromatic N) is 3. The molecule has 0 spiro atoms. The van der Waals surface area contributed by atoms with Crippen molar-refractivity contribution in [2.45, 2.75) is 25.9 Å². The molecule has 0 fully saturated rings. The third kappa shape index (κ3) is 8.98. The SMILES string of the molecule is CC.CSc1ncc(C(=O)Nc2ccc(F)cc2F)c(Nc2ccc(Oc3ccnc(C)c3)c(F)c2)n1.NC=O. The molecule has 2 aromatic heterocycles. The molecule has 40 heavy (non-hydrogen) atoms. The molecule has 0 radical (unpaired) electrons. The number of halogens is 3. The van der Waals surface area contributed by atoms with Crippen LogP contribution in [0, 0.1) is 24.4 Å². The molecule has 0 bridgehead atoms. The van der Waals surface area contributed by atoms with Gasteiger partial charge in [-0.05, 0) is 43.5 Å². The Morgan fingerprint density at radius 3 is 2.38 bits per heavy atom. The van der Waals surface area contributed by atoms with Crippen molar-refractivity contribution in [3.05, 3.63) is 89.6 Å². The Bertz CT molecular complexity index is 1460. The molecule has 0 aliphatic heterocycles. The van der Waals surface area contributed by atoms with Gasteiger partial charge in [0, 0.05) is 42.0 Å². The number of amides is 2. The lowest BCUT2D eigenvalue weighted by Gasteiger charge is -2.13. The highest BCUT2D eigenvalue weighted by Gasteiger charge is 2.18. The Morgan fingerprint density at radius 1 is 1.02 bits per heavy atom. The van der Waals surface area contributed by atoms with E-state index in [1.54, 1.807) is 37.6 Å². The van der Waals surface area contributed by atoms with Gasteiger partial charge in [-0.15, -0.1) is 0 Å². The van der Waals surface area contributed by atoms with Crippen LogP contribution in [0.5, 0.6) is 11.5 Å². The normalized spacial score (nSPS) is 9.78. The highest BCUT2D eigenvalue weighted by atomic mass is 32.2. The van der Waals surface area contributed by atoms with Crippen molar-refractivity contribution < 1.29 is 27.5 Å². The van der Waals surface area contributed by atoms with E-state index in [0.29, 0.717) is 17.0 Å². The minimum absolute atomic E-state index is 0.00149. The zero-order chi connectivity index (χ0) is 29.7. The van der Waals surface area contributed by atoms with E-state index in [1.807, 2.05) is 13.8 Å². The summed E-state index contributed by atoms with van der Waals surface area (Å²) in [5.41, 5.74) is 4.93. The van der Waals surface area contributed by atoms with Gasteiger partial charge in [-0.2, -0.15) is 0 Å². The van der Waals surface area contributed by atoms with E-state index in [-0.39, 0.29) is 34.9 Å². The summed E-state index contributed by atoms with van der Waals surface area (Å²) in [6, 6.07) is 10.2. The average Bonchev–Trinajstić information content (AvgIpc) is 2.93. The van der Waals surface area contributed by atoms with Crippen LogP contribution in [0.15, 0.2) is 66.1 Å². The fourth-order valence-electron chi connectivity index (χ4n) is 3.01. The van der Waals surface area contributed by atoms with Crippen LogP contribution in [0.25, 0.3) is 0 Å². The Hall–Kier alpha value is -4.65. The Balaban J connectivity index is 0.00000105. The predicted molar refractivity (Wildman–Crippen MR) is 148 cm³/mol. The highest BCUT2D eigenvalue weighted by Crippen LogP contribution is 2.29.